The molecule has 0 aromatic carbocycles. The molecule has 0 unspecified atom stereocenters. The number of hydrogen-bond donors (Lipinski definition) is 3. The summed E-state index contributed by atoms with van der Waals surface area (Å²) in [7, 11) is 0. The van der Waals surface area contributed by atoms with E-state index in [1.54, 1.807) is 13.8 Å². The first-order valence-corrected chi connectivity index (χ1v) is 7.60. The zero-order chi connectivity index (χ0) is 15.2. The summed E-state index contributed by atoms with van der Waals surface area (Å²) in [5.74, 6) is -1.20. The largest absolute Gasteiger partial charge is 0.481 e. The van der Waals surface area contributed by atoms with E-state index in [2.05, 4.69) is 5.32 Å². The third kappa shape index (κ3) is 4.20. The first kappa shape index (κ1) is 17.0. The highest BCUT2D eigenvalue weighted by molar-refractivity contribution is 5.84. The number of carboxylic acid groups (broad SMARTS) is 1. The zero-order valence-corrected chi connectivity index (χ0v) is 12.6. The number of aliphatic carboxylic acids is 1. The van der Waals surface area contributed by atoms with E-state index in [0.29, 0.717) is 25.7 Å². The van der Waals surface area contributed by atoms with Crippen LogP contribution in [-0.2, 0) is 9.59 Å². The molecule has 1 aliphatic rings. The van der Waals surface area contributed by atoms with Crippen molar-refractivity contribution in [2.45, 2.75) is 70.8 Å². The first-order chi connectivity index (χ1) is 9.37. The second kappa shape index (κ2) is 7.07. The molecule has 0 spiro atoms. The van der Waals surface area contributed by atoms with E-state index in [1.165, 1.54) is 0 Å². The van der Waals surface area contributed by atoms with Gasteiger partial charge in [-0.2, -0.15) is 0 Å². The smallest absolute Gasteiger partial charge is 0.310 e. The molecule has 3 N–H and O–H groups in total. The Balaban J connectivity index is 2.52. The minimum absolute atomic E-state index is 0.0224. The fraction of sp³-hybridized carbons (Fsp3) is 0.867. The van der Waals surface area contributed by atoms with Crippen LogP contribution in [0.15, 0.2) is 0 Å². The predicted molar refractivity (Wildman–Crippen MR) is 76.3 cm³/mol. The molecule has 1 fully saturated rings. The van der Waals surface area contributed by atoms with Gasteiger partial charge < -0.3 is 15.5 Å². The van der Waals surface area contributed by atoms with E-state index < -0.39 is 17.0 Å². The fourth-order valence-corrected chi connectivity index (χ4v) is 2.90. The Morgan fingerprint density at radius 3 is 2.15 bits per heavy atom. The fourth-order valence-electron chi connectivity index (χ4n) is 2.90. The number of carbonyl (C=O) groups excluding carboxylic acids is 1. The van der Waals surface area contributed by atoms with Crippen LogP contribution in [0.4, 0.5) is 0 Å². The molecule has 0 aliphatic heterocycles. The quantitative estimate of drug-likeness (QED) is 0.668. The van der Waals surface area contributed by atoms with Gasteiger partial charge in [-0.05, 0) is 25.7 Å². The summed E-state index contributed by atoms with van der Waals surface area (Å²) in [4.78, 5) is 23.3. The lowest BCUT2D eigenvalue weighted by Crippen LogP contribution is -2.46. The number of aliphatic hydroxyl groups is 1. The van der Waals surface area contributed by atoms with E-state index in [9.17, 15) is 19.8 Å². The second-order valence-electron chi connectivity index (χ2n) is 6.03. The summed E-state index contributed by atoms with van der Waals surface area (Å²) >= 11 is 0. The van der Waals surface area contributed by atoms with Crippen molar-refractivity contribution in [1.82, 2.24) is 5.32 Å². The van der Waals surface area contributed by atoms with Crippen LogP contribution in [0.3, 0.4) is 0 Å². The number of amides is 1. The summed E-state index contributed by atoms with van der Waals surface area (Å²) in [5, 5.41) is 22.3. The molecule has 0 heterocycles. The molecule has 0 radical (unpaired) electrons. The van der Waals surface area contributed by atoms with Gasteiger partial charge in [0.2, 0.25) is 5.91 Å². The van der Waals surface area contributed by atoms with Crippen molar-refractivity contribution in [1.29, 1.82) is 0 Å². The molecule has 0 aromatic rings. The van der Waals surface area contributed by atoms with Gasteiger partial charge in [-0.15, -0.1) is 0 Å². The van der Waals surface area contributed by atoms with Gasteiger partial charge in [-0.1, -0.05) is 33.1 Å². The molecule has 1 rings (SSSR count). The lowest BCUT2D eigenvalue weighted by Gasteiger charge is -2.33. The summed E-state index contributed by atoms with van der Waals surface area (Å²) in [6.45, 7) is 3.81. The standard InChI is InChI=1S/C15H27NO4/c1-3-14(4-2,13(18)19)10-12(17)16-11-15(20)8-6-5-7-9-15/h20H,3-11H2,1-2H3,(H,16,17)(H,18,19). The van der Waals surface area contributed by atoms with Gasteiger partial charge in [0.05, 0.1) is 11.0 Å². The molecule has 116 valence electrons. The molecular weight excluding hydrogens is 258 g/mol. The molecule has 20 heavy (non-hydrogen) atoms. The summed E-state index contributed by atoms with van der Waals surface area (Å²) in [5.41, 5.74) is -1.79. The molecule has 0 saturated heterocycles. The van der Waals surface area contributed by atoms with Gasteiger partial charge in [-0.3, -0.25) is 9.59 Å². The van der Waals surface area contributed by atoms with Gasteiger partial charge in [0.25, 0.3) is 0 Å². The highest BCUT2D eigenvalue weighted by atomic mass is 16.4. The number of hydrogen-bond acceptors (Lipinski definition) is 3. The average molecular weight is 285 g/mol. The van der Waals surface area contributed by atoms with Crippen molar-refractivity contribution >= 4 is 11.9 Å². The highest BCUT2D eigenvalue weighted by Crippen LogP contribution is 2.31. The lowest BCUT2D eigenvalue weighted by molar-refractivity contribution is -0.152. The molecule has 1 aliphatic carbocycles. The van der Waals surface area contributed by atoms with E-state index >= 15 is 0 Å². The lowest BCUT2D eigenvalue weighted by atomic mass is 9.79. The monoisotopic (exact) mass is 285 g/mol. The maximum atomic E-state index is 12.0. The Hall–Kier alpha value is -1.10. The second-order valence-corrected chi connectivity index (χ2v) is 6.03. The molecule has 5 heteroatoms. The first-order valence-electron chi connectivity index (χ1n) is 7.60. The summed E-state index contributed by atoms with van der Waals surface area (Å²) in [6.07, 6.45) is 5.34. The Bertz CT molecular complexity index is 344. The van der Waals surface area contributed by atoms with E-state index in [-0.39, 0.29) is 18.9 Å². The molecule has 0 atom stereocenters. The number of carboxylic acids is 1. The normalized spacial score (nSPS) is 18.6. The molecule has 0 aromatic heterocycles. The van der Waals surface area contributed by atoms with Crippen LogP contribution in [0, 0.1) is 5.41 Å². The summed E-state index contributed by atoms with van der Waals surface area (Å²) in [6, 6.07) is 0. The average Bonchev–Trinajstić information content (AvgIpc) is 2.43. The number of carbonyl (C=O) groups is 2. The van der Waals surface area contributed by atoms with Crippen LogP contribution in [0.5, 0.6) is 0 Å². The van der Waals surface area contributed by atoms with Gasteiger partial charge in [0.1, 0.15) is 0 Å². The van der Waals surface area contributed by atoms with E-state index in [0.717, 1.165) is 19.3 Å². The van der Waals surface area contributed by atoms with E-state index in [1.807, 2.05) is 0 Å². The predicted octanol–water partition coefficient (Wildman–Crippen LogP) is 2.08. The minimum Gasteiger partial charge on any atom is -0.481 e. The maximum Gasteiger partial charge on any atom is 0.310 e. The molecule has 1 amide bonds. The zero-order valence-electron chi connectivity index (χ0n) is 12.6. The SMILES string of the molecule is CCC(CC)(CC(=O)NCC1(O)CCCCC1)C(=O)O. The van der Waals surface area contributed by atoms with Crippen molar-refractivity contribution < 1.29 is 19.8 Å². The van der Waals surface area contributed by atoms with Crippen molar-refractivity contribution in [3.63, 3.8) is 0 Å². The van der Waals surface area contributed by atoms with Crippen molar-refractivity contribution in [3.05, 3.63) is 0 Å². The van der Waals surface area contributed by atoms with Crippen LogP contribution < -0.4 is 5.32 Å². The van der Waals surface area contributed by atoms with Gasteiger partial charge in [0.15, 0.2) is 0 Å². The Morgan fingerprint density at radius 2 is 1.70 bits per heavy atom. The third-order valence-corrected chi connectivity index (χ3v) is 4.71. The van der Waals surface area contributed by atoms with Gasteiger partial charge in [0, 0.05) is 13.0 Å². The Labute approximate surface area is 120 Å². The minimum atomic E-state index is -0.987. The molecular formula is C15H27NO4. The molecule has 5 nitrogen and oxygen atoms in total. The topological polar surface area (TPSA) is 86.6 Å². The van der Waals surface area contributed by atoms with Crippen LogP contribution in [0.1, 0.15) is 65.2 Å². The van der Waals surface area contributed by atoms with Crippen LogP contribution in [-0.4, -0.2) is 34.2 Å². The maximum absolute atomic E-state index is 12.0. The van der Waals surface area contributed by atoms with Crippen molar-refractivity contribution in [3.8, 4) is 0 Å². The van der Waals surface area contributed by atoms with Crippen molar-refractivity contribution in [2.24, 2.45) is 5.41 Å². The third-order valence-electron chi connectivity index (χ3n) is 4.71. The van der Waals surface area contributed by atoms with Gasteiger partial charge in [-0.25, -0.2) is 0 Å². The van der Waals surface area contributed by atoms with Crippen LogP contribution in [0.25, 0.3) is 0 Å². The molecule has 0 bridgehead atoms. The van der Waals surface area contributed by atoms with Gasteiger partial charge >= 0.3 is 5.97 Å². The summed E-state index contributed by atoms with van der Waals surface area (Å²) < 4.78 is 0. The Kier molecular flexibility index (Phi) is 5.99. The van der Waals surface area contributed by atoms with Crippen LogP contribution >= 0.6 is 0 Å². The van der Waals surface area contributed by atoms with E-state index in [4.69, 9.17) is 0 Å². The van der Waals surface area contributed by atoms with Crippen molar-refractivity contribution in [2.75, 3.05) is 6.54 Å². The molecule has 1 saturated carbocycles. The number of nitrogens with one attached hydrogen (secondary N) is 1. The number of rotatable bonds is 7. The highest BCUT2D eigenvalue weighted by Gasteiger charge is 2.38. The Morgan fingerprint density at radius 1 is 1.15 bits per heavy atom. The van der Waals surface area contributed by atoms with Crippen LogP contribution in [0.2, 0.25) is 0 Å².